The van der Waals surface area contributed by atoms with Gasteiger partial charge in [-0.2, -0.15) is 0 Å². The first-order valence-electron chi connectivity index (χ1n) is 7.26. The molecule has 0 heterocycles. The Morgan fingerprint density at radius 2 is 1.86 bits per heavy atom. The molecule has 0 aliphatic heterocycles. The van der Waals surface area contributed by atoms with Crippen molar-refractivity contribution in [3.63, 3.8) is 0 Å². The molecule has 110 valence electrons. The zero-order valence-electron chi connectivity index (χ0n) is 13.2. The van der Waals surface area contributed by atoms with E-state index in [4.69, 9.17) is 11.6 Å². The number of nitrogens with zero attached hydrogens (tertiary/aromatic N) is 1. The normalized spacial score (nSPS) is 13.3. The number of hydrogen-bond acceptors (Lipinski definition) is 1. The number of aliphatic imine (C=N–C) groups is 1. The van der Waals surface area contributed by atoms with Gasteiger partial charge in [0.25, 0.3) is 0 Å². The molecule has 0 aliphatic rings. The molecule has 0 radical (unpaired) electrons. The quantitative estimate of drug-likeness (QED) is 0.673. The molecule has 1 atom stereocenters. The standard InChI is InChI=1S/C19H22ClN/c1-13-8-9-16(10-14(13)2)11-19(15(3)21-4)17-6-5-7-18(20)12-17/h5-10,12,19H,11H2,1-4H3. The first kappa shape index (κ1) is 15.8. The Bertz CT molecular complexity index is 658. The van der Waals surface area contributed by atoms with E-state index in [0.717, 1.165) is 17.2 Å². The van der Waals surface area contributed by atoms with Crippen LogP contribution in [-0.4, -0.2) is 12.8 Å². The number of halogens is 1. The second kappa shape index (κ2) is 6.91. The smallest absolute Gasteiger partial charge is 0.0408 e. The molecule has 0 aliphatic carbocycles. The number of aryl methyl sites for hydroxylation is 2. The molecule has 1 nitrogen and oxygen atoms in total. The molecule has 0 bridgehead atoms. The number of hydrogen-bond donors (Lipinski definition) is 0. The van der Waals surface area contributed by atoms with E-state index in [1.807, 2.05) is 25.2 Å². The lowest BCUT2D eigenvalue weighted by Gasteiger charge is -2.18. The van der Waals surface area contributed by atoms with Crippen LogP contribution >= 0.6 is 11.6 Å². The average Bonchev–Trinajstić information content (AvgIpc) is 2.47. The van der Waals surface area contributed by atoms with Crippen molar-refractivity contribution in [2.45, 2.75) is 33.1 Å². The Morgan fingerprint density at radius 3 is 2.48 bits per heavy atom. The van der Waals surface area contributed by atoms with Crippen LogP contribution in [0.4, 0.5) is 0 Å². The van der Waals surface area contributed by atoms with E-state index < -0.39 is 0 Å². The van der Waals surface area contributed by atoms with Crippen LogP contribution in [0.1, 0.15) is 35.1 Å². The third-order valence-corrected chi connectivity index (χ3v) is 4.35. The molecular weight excluding hydrogens is 278 g/mol. The Balaban J connectivity index is 2.35. The molecule has 2 heteroatoms. The maximum absolute atomic E-state index is 6.15. The molecule has 0 N–H and O–H groups in total. The van der Waals surface area contributed by atoms with Crippen LogP contribution in [0.15, 0.2) is 47.5 Å². The molecule has 0 fully saturated rings. The minimum Gasteiger partial charge on any atom is -0.297 e. The molecule has 0 spiro atoms. The van der Waals surface area contributed by atoms with E-state index >= 15 is 0 Å². The Hall–Kier alpha value is -1.60. The SMILES string of the molecule is CN=C(C)C(Cc1ccc(C)c(C)c1)c1cccc(Cl)c1. The summed E-state index contributed by atoms with van der Waals surface area (Å²) in [6, 6.07) is 14.8. The molecule has 2 rings (SSSR count). The lowest BCUT2D eigenvalue weighted by atomic mass is 9.87. The number of benzene rings is 2. The third-order valence-electron chi connectivity index (χ3n) is 4.12. The molecule has 2 aromatic carbocycles. The maximum Gasteiger partial charge on any atom is 0.0408 e. The fourth-order valence-electron chi connectivity index (χ4n) is 2.55. The van der Waals surface area contributed by atoms with Gasteiger partial charge in [0.05, 0.1) is 0 Å². The lowest BCUT2D eigenvalue weighted by Crippen LogP contribution is -2.12. The summed E-state index contributed by atoms with van der Waals surface area (Å²) in [4.78, 5) is 4.40. The van der Waals surface area contributed by atoms with Gasteiger partial charge in [-0.1, -0.05) is 41.9 Å². The third kappa shape index (κ3) is 3.95. The first-order valence-corrected chi connectivity index (χ1v) is 7.64. The highest BCUT2D eigenvalue weighted by atomic mass is 35.5. The van der Waals surface area contributed by atoms with Crippen LogP contribution in [0.2, 0.25) is 5.02 Å². The van der Waals surface area contributed by atoms with E-state index in [9.17, 15) is 0 Å². The highest BCUT2D eigenvalue weighted by Crippen LogP contribution is 2.26. The van der Waals surface area contributed by atoms with E-state index in [1.165, 1.54) is 22.3 Å². The second-order valence-corrected chi connectivity index (χ2v) is 6.03. The second-order valence-electron chi connectivity index (χ2n) is 5.60. The van der Waals surface area contributed by atoms with Gasteiger partial charge in [0.1, 0.15) is 0 Å². The van der Waals surface area contributed by atoms with Crippen molar-refractivity contribution in [2.24, 2.45) is 4.99 Å². The molecular formula is C19H22ClN. The fraction of sp³-hybridized carbons (Fsp3) is 0.316. The van der Waals surface area contributed by atoms with Crippen molar-refractivity contribution in [1.29, 1.82) is 0 Å². The van der Waals surface area contributed by atoms with Crippen LogP contribution in [0, 0.1) is 13.8 Å². The van der Waals surface area contributed by atoms with Crippen LogP contribution in [0.25, 0.3) is 0 Å². The van der Waals surface area contributed by atoms with E-state index in [0.29, 0.717) is 0 Å². The van der Waals surface area contributed by atoms with Gasteiger partial charge in [-0.3, -0.25) is 4.99 Å². The Labute approximate surface area is 132 Å². The topological polar surface area (TPSA) is 12.4 Å². The van der Waals surface area contributed by atoms with E-state index in [-0.39, 0.29) is 5.92 Å². The summed E-state index contributed by atoms with van der Waals surface area (Å²) in [5, 5.41) is 0.779. The molecule has 21 heavy (non-hydrogen) atoms. The molecule has 0 saturated heterocycles. The van der Waals surface area contributed by atoms with Gasteiger partial charge >= 0.3 is 0 Å². The number of rotatable bonds is 4. The van der Waals surface area contributed by atoms with Crippen LogP contribution in [0.5, 0.6) is 0 Å². The van der Waals surface area contributed by atoms with Gasteiger partial charge in [0.15, 0.2) is 0 Å². The minimum atomic E-state index is 0.274. The van der Waals surface area contributed by atoms with Crippen molar-refractivity contribution in [2.75, 3.05) is 7.05 Å². The average molecular weight is 300 g/mol. The van der Waals surface area contributed by atoms with Gasteiger partial charge < -0.3 is 0 Å². The molecule has 0 saturated carbocycles. The van der Waals surface area contributed by atoms with Crippen molar-refractivity contribution in [3.05, 3.63) is 69.7 Å². The maximum atomic E-state index is 6.15. The molecule has 0 aromatic heterocycles. The van der Waals surface area contributed by atoms with Crippen LogP contribution < -0.4 is 0 Å². The largest absolute Gasteiger partial charge is 0.297 e. The highest BCUT2D eigenvalue weighted by molar-refractivity contribution is 6.30. The van der Waals surface area contributed by atoms with Gasteiger partial charge in [0.2, 0.25) is 0 Å². The summed E-state index contributed by atoms with van der Waals surface area (Å²) in [5.41, 5.74) is 6.37. The molecule has 2 aromatic rings. The van der Waals surface area contributed by atoms with E-state index in [2.05, 4.69) is 50.0 Å². The summed E-state index contributed by atoms with van der Waals surface area (Å²) in [6.07, 6.45) is 0.949. The van der Waals surface area contributed by atoms with Crippen molar-refractivity contribution < 1.29 is 0 Å². The van der Waals surface area contributed by atoms with Gasteiger partial charge in [-0.15, -0.1) is 0 Å². The fourth-order valence-corrected chi connectivity index (χ4v) is 2.75. The molecule has 1 unspecified atom stereocenters. The van der Waals surface area contributed by atoms with Crippen molar-refractivity contribution in [1.82, 2.24) is 0 Å². The summed E-state index contributed by atoms with van der Waals surface area (Å²) in [7, 11) is 1.85. The van der Waals surface area contributed by atoms with Crippen LogP contribution in [0.3, 0.4) is 0 Å². The highest BCUT2D eigenvalue weighted by Gasteiger charge is 2.16. The zero-order valence-corrected chi connectivity index (χ0v) is 13.9. The Morgan fingerprint density at radius 1 is 1.10 bits per heavy atom. The zero-order chi connectivity index (χ0) is 15.4. The predicted molar refractivity (Wildman–Crippen MR) is 92.8 cm³/mol. The van der Waals surface area contributed by atoms with Crippen molar-refractivity contribution >= 4 is 17.3 Å². The minimum absolute atomic E-state index is 0.274. The van der Waals surface area contributed by atoms with Gasteiger partial charge in [-0.05, 0) is 61.6 Å². The summed E-state index contributed by atoms with van der Waals surface area (Å²) in [5.74, 6) is 0.274. The molecule has 0 amide bonds. The monoisotopic (exact) mass is 299 g/mol. The predicted octanol–water partition coefficient (Wildman–Crippen LogP) is 5.37. The summed E-state index contributed by atoms with van der Waals surface area (Å²) >= 11 is 6.15. The lowest BCUT2D eigenvalue weighted by molar-refractivity contribution is 0.867. The van der Waals surface area contributed by atoms with Crippen molar-refractivity contribution in [3.8, 4) is 0 Å². The van der Waals surface area contributed by atoms with Gasteiger partial charge in [-0.25, -0.2) is 0 Å². The summed E-state index contributed by atoms with van der Waals surface area (Å²) < 4.78 is 0. The van der Waals surface area contributed by atoms with Crippen LogP contribution in [-0.2, 0) is 6.42 Å². The first-order chi connectivity index (χ1) is 10.0. The van der Waals surface area contributed by atoms with Gasteiger partial charge in [0, 0.05) is 23.7 Å². The van der Waals surface area contributed by atoms with E-state index in [1.54, 1.807) is 0 Å². The summed E-state index contributed by atoms with van der Waals surface area (Å²) in [6.45, 7) is 6.40. The Kier molecular flexibility index (Phi) is 5.19.